The number of hydrogen-bond donors (Lipinski definition) is 1. The zero-order chi connectivity index (χ0) is 10.7. The number of halogens is 4. The number of nitrogens with two attached hydrogens (primary N) is 1. The third-order valence-corrected chi connectivity index (χ3v) is 2.61. The molecule has 0 amide bonds. The summed E-state index contributed by atoms with van der Waals surface area (Å²) in [5.74, 6) is -1.52. The Bertz CT molecular complexity index is 317. The van der Waals surface area contributed by atoms with Crippen molar-refractivity contribution in [2.24, 2.45) is 5.73 Å². The largest absolute Gasteiger partial charge is 0.330 e. The summed E-state index contributed by atoms with van der Waals surface area (Å²) >= 11 is 3.03. The minimum atomic E-state index is -2.54. The normalized spacial score (nSPS) is 13.3. The highest BCUT2D eigenvalue weighted by Gasteiger charge is 2.22. The molecule has 1 aromatic rings. The van der Waals surface area contributed by atoms with Crippen LogP contribution in [0.3, 0.4) is 0 Å². The van der Waals surface area contributed by atoms with Gasteiger partial charge in [-0.3, -0.25) is 0 Å². The third kappa shape index (κ3) is 2.48. The molecule has 0 aliphatic heterocycles. The SMILES string of the molecule is NCC(c1ccc(F)cc1Br)C(F)F. The Morgan fingerprint density at radius 3 is 2.43 bits per heavy atom. The monoisotopic (exact) mass is 267 g/mol. The molecular formula is C9H9BrF3N. The van der Waals surface area contributed by atoms with Gasteiger partial charge < -0.3 is 5.73 Å². The van der Waals surface area contributed by atoms with Gasteiger partial charge in [-0.25, -0.2) is 13.2 Å². The van der Waals surface area contributed by atoms with Gasteiger partial charge in [0, 0.05) is 11.0 Å². The summed E-state index contributed by atoms with van der Waals surface area (Å²) in [5.41, 5.74) is 5.56. The molecule has 1 aromatic carbocycles. The molecule has 0 aromatic heterocycles. The molecule has 0 saturated carbocycles. The molecule has 1 nitrogen and oxygen atoms in total. The van der Waals surface area contributed by atoms with Gasteiger partial charge in [0.15, 0.2) is 0 Å². The fourth-order valence-electron chi connectivity index (χ4n) is 1.17. The van der Waals surface area contributed by atoms with Crippen molar-refractivity contribution in [1.29, 1.82) is 0 Å². The maximum Gasteiger partial charge on any atom is 0.246 e. The summed E-state index contributed by atoms with van der Waals surface area (Å²) in [6.45, 7) is -0.165. The summed E-state index contributed by atoms with van der Waals surface area (Å²) in [6, 6.07) is 3.62. The summed E-state index contributed by atoms with van der Waals surface area (Å²) in [6.07, 6.45) is -2.54. The fourth-order valence-corrected chi connectivity index (χ4v) is 1.81. The van der Waals surface area contributed by atoms with Crippen LogP contribution >= 0.6 is 15.9 Å². The molecule has 1 rings (SSSR count). The van der Waals surface area contributed by atoms with Crippen LogP contribution in [0.25, 0.3) is 0 Å². The standard InChI is InChI=1S/C9H9BrF3N/c10-8-3-5(11)1-2-6(8)7(4-14)9(12)13/h1-3,7,9H,4,14H2. The lowest BCUT2D eigenvalue weighted by atomic mass is 10.00. The van der Waals surface area contributed by atoms with Crippen molar-refractivity contribution < 1.29 is 13.2 Å². The zero-order valence-corrected chi connectivity index (χ0v) is 8.77. The maximum absolute atomic E-state index is 12.7. The minimum Gasteiger partial charge on any atom is -0.330 e. The van der Waals surface area contributed by atoms with Crippen LogP contribution in [0.4, 0.5) is 13.2 Å². The van der Waals surface area contributed by atoms with Gasteiger partial charge in [-0.1, -0.05) is 22.0 Å². The molecule has 0 aliphatic rings. The summed E-state index contributed by atoms with van der Waals surface area (Å²) in [7, 11) is 0. The van der Waals surface area contributed by atoms with E-state index in [0.29, 0.717) is 10.0 Å². The maximum atomic E-state index is 12.7. The van der Waals surface area contributed by atoms with Crippen LogP contribution in [0, 0.1) is 5.82 Å². The van der Waals surface area contributed by atoms with E-state index in [1.165, 1.54) is 6.07 Å². The van der Waals surface area contributed by atoms with Gasteiger partial charge in [-0.2, -0.15) is 0 Å². The van der Waals surface area contributed by atoms with Crippen molar-refractivity contribution in [2.75, 3.05) is 6.54 Å². The average molecular weight is 268 g/mol. The van der Waals surface area contributed by atoms with Crippen LogP contribution in [-0.4, -0.2) is 13.0 Å². The summed E-state index contributed by atoms with van der Waals surface area (Å²) in [4.78, 5) is 0. The van der Waals surface area contributed by atoms with Gasteiger partial charge in [0.2, 0.25) is 6.43 Å². The van der Waals surface area contributed by atoms with E-state index in [9.17, 15) is 13.2 Å². The molecule has 5 heteroatoms. The van der Waals surface area contributed by atoms with Crippen molar-refractivity contribution in [3.8, 4) is 0 Å². The first kappa shape index (κ1) is 11.5. The Labute approximate surface area is 88.2 Å². The molecule has 0 saturated heterocycles. The molecule has 78 valence electrons. The van der Waals surface area contributed by atoms with E-state index >= 15 is 0 Å². The predicted molar refractivity (Wildman–Crippen MR) is 51.9 cm³/mol. The second kappa shape index (κ2) is 4.79. The molecule has 1 atom stereocenters. The van der Waals surface area contributed by atoms with Gasteiger partial charge in [0.25, 0.3) is 0 Å². The molecule has 0 spiro atoms. The van der Waals surface area contributed by atoms with E-state index in [2.05, 4.69) is 15.9 Å². The average Bonchev–Trinajstić information content (AvgIpc) is 2.09. The smallest absolute Gasteiger partial charge is 0.246 e. The highest BCUT2D eigenvalue weighted by atomic mass is 79.9. The predicted octanol–water partition coefficient (Wildman–Crippen LogP) is 2.90. The number of benzene rings is 1. The molecule has 0 fully saturated rings. The number of hydrogen-bond acceptors (Lipinski definition) is 1. The molecule has 2 N–H and O–H groups in total. The highest BCUT2D eigenvalue weighted by molar-refractivity contribution is 9.10. The lowest BCUT2D eigenvalue weighted by molar-refractivity contribution is 0.117. The summed E-state index contributed by atoms with van der Waals surface area (Å²) in [5, 5.41) is 0. The van der Waals surface area contributed by atoms with E-state index in [1.807, 2.05) is 0 Å². The van der Waals surface area contributed by atoms with Crippen molar-refractivity contribution in [1.82, 2.24) is 0 Å². The zero-order valence-electron chi connectivity index (χ0n) is 7.18. The van der Waals surface area contributed by atoms with Gasteiger partial charge in [0.1, 0.15) is 5.82 Å². The topological polar surface area (TPSA) is 26.0 Å². The lowest BCUT2D eigenvalue weighted by Gasteiger charge is -2.15. The molecule has 1 unspecified atom stereocenters. The van der Waals surface area contributed by atoms with E-state index in [-0.39, 0.29) is 6.54 Å². The molecule has 0 aliphatic carbocycles. The number of rotatable bonds is 3. The van der Waals surface area contributed by atoms with E-state index < -0.39 is 18.2 Å². The second-order valence-corrected chi connectivity index (χ2v) is 3.70. The lowest BCUT2D eigenvalue weighted by Crippen LogP contribution is -2.20. The van der Waals surface area contributed by atoms with Crippen LogP contribution < -0.4 is 5.73 Å². The Morgan fingerprint density at radius 1 is 1.36 bits per heavy atom. The van der Waals surface area contributed by atoms with Crippen LogP contribution in [0.1, 0.15) is 11.5 Å². The Hall–Kier alpha value is -0.550. The van der Waals surface area contributed by atoms with E-state index in [0.717, 1.165) is 12.1 Å². The Balaban J connectivity index is 3.04. The first-order valence-electron chi connectivity index (χ1n) is 3.99. The highest BCUT2D eigenvalue weighted by Crippen LogP contribution is 2.29. The van der Waals surface area contributed by atoms with Crippen molar-refractivity contribution in [2.45, 2.75) is 12.3 Å². The summed E-state index contributed by atoms with van der Waals surface area (Å²) < 4.78 is 37.9. The van der Waals surface area contributed by atoms with Crippen molar-refractivity contribution in [3.63, 3.8) is 0 Å². The molecule has 14 heavy (non-hydrogen) atoms. The number of alkyl halides is 2. The van der Waals surface area contributed by atoms with Crippen molar-refractivity contribution in [3.05, 3.63) is 34.1 Å². The molecule has 0 bridgehead atoms. The van der Waals surface area contributed by atoms with Crippen LogP contribution in [-0.2, 0) is 0 Å². The second-order valence-electron chi connectivity index (χ2n) is 2.84. The molecule has 0 heterocycles. The van der Waals surface area contributed by atoms with Crippen LogP contribution in [0.2, 0.25) is 0 Å². The van der Waals surface area contributed by atoms with Gasteiger partial charge in [-0.05, 0) is 17.7 Å². The van der Waals surface area contributed by atoms with Crippen molar-refractivity contribution >= 4 is 15.9 Å². The first-order valence-corrected chi connectivity index (χ1v) is 4.78. The Morgan fingerprint density at radius 2 is 2.00 bits per heavy atom. The van der Waals surface area contributed by atoms with Gasteiger partial charge in [0.05, 0.1) is 5.92 Å². The van der Waals surface area contributed by atoms with E-state index in [1.54, 1.807) is 0 Å². The van der Waals surface area contributed by atoms with Crippen LogP contribution in [0.15, 0.2) is 22.7 Å². The third-order valence-electron chi connectivity index (χ3n) is 1.92. The molecule has 0 radical (unpaired) electrons. The van der Waals surface area contributed by atoms with Gasteiger partial charge in [-0.15, -0.1) is 0 Å². The quantitative estimate of drug-likeness (QED) is 0.896. The fraction of sp³-hybridized carbons (Fsp3) is 0.333. The molecular weight excluding hydrogens is 259 g/mol. The van der Waals surface area contributed by atoms with Crippen LogP contribution in [0.5, 0.6) is 0 Å². The van der Waals surface area contributed by atoms with E-state index in [4.69, 9.17) is 5.73 Å². The Kier molecular flexibility index (Phi) is 3.95. The minimum absolute atomic E-state index is 0.165. The van der Waals surface area contributed by atoms with Gasteiger partial charge >= 0.3 is 0 Å². The first-order chi connectivity index (χ1) is 6.56.